The number of hydrogen-bond acceptors (Lipinski definition) is 3. The first kappa shape index (κ1) is 11.8. The van der Waals surface area contributed by atoms with Crippen molar-refractivity contribution in [1.82, 2.24) is 0 Å². The molecular formula is C6H13O5P. The Kier molecular flexibility index (Phi) is 4.06. The quantitative estimate of drug-likeness (QED) is 0.499. The number of aldehydes is 1. The molecule has 0 aromatic rings. The molecule has 5 nitrogen and oxygen atoms in total. The predicted octanol–water partition coefficient (Wildman–Crippen LogP) is 0.711. The monoisotopic (exact) mass is 196 g/mol. The van der Waals surface area contributed by atoms with Gasteiger partial charge in [-0.2, -0.15) is 0 Å². The summed E-state index contributed by atoms with van der Waals surface area (Å²) in [5.41, 5.74) is -0.525. The Balaban J connectivity index is 3.91. The summed E-state index contributed by atoms with van der Waals surface area (Å²) in [6.07, 6.45) is 0.913. The van der Waals surface area contributed by atoms with E-state index in [0.717, 1.165) is 0 Å². The molecule has 2 N–H and O–H groups in total. The van der Waals surface area contributed by atoms with E-state index >= 15 is 0 Å². The molecule has 0 saturated heterocycles. The maximum absolute atomic E-state index is 10.3. The molecule has 0 radical (unpaired) electrons. The number of hydrogen-bond donors (Lipinski definition) is 2. The van der Waals surface area contributed by atoms with Crippen LogP contribution in [-0.2, 0) is 13.9 Å². The smallest absolute Gasteiger partial charge is 0.303 e. The maximum Gasteiger partial charge on any atom is 0.469 e. The molecule has 0 saturated carbocycles. The molecule has 0 aliphatic heterocycles. The Hall–Kier alpha value is -0.220. The minimum absolute atomic E-state index is 0.129. The van der Waals surface area contributed by atoms with Crippen LogP contribution in [0, 0.1) is 5.41 Å². The summed E-state index contributed by atoms with van der Waals surface area (Å²) >= 11 is 0. The van der Waals surface area contributed by atoms with Crippen LogP contribution in [-0.4, -0.2) is 22.7 Å². The van der Waals surface area contributed by atoms with E-state index in [2.05, 4.69) is 4.52 Å². The third kappa shape index (κ3) is 6.49. The van der Waals surface area contributed by atoms with Crippen molar-refractivity contribution < 1.29 is 23.7 Å². The number of rotatable bonds is 5. The molecule has 0 amide bonds. The van der Waals surface area contributed by atoms with Crippen molar-refractivity contribution in [3.8, 4) is 0 Å². The van der Waals surface area contributed by atoms with Gasteiger partial charge in [-0.05, 0) is 5.41 Å². The van der Waals surface area contributed by atoms with Gasteiger partial charge >= 0.3 is 7.82 Å². The lowest BCUT2D eigenvalue weighted by atomic mass is 9.92. The molecule has 0 aliphatic rings. The first-order valence-corrected chi connectivity index (χ1v) is 4.94. The van der Waals surface area contributed by atoms with Gasteiger partial charge in [-0.15, -0.1) is 0 Å². The summed E-state index contributed by atoms with van der Waals surface area (Å²) in [6.45, 7) is 3.25. The van der Waals surface area contributed by atoms with Crippen LogP contribution >= 0.6 is 7.82 Å². The molecule has 12 heavy (non-hydrogen) atoms. The second-order valence-electron chi connectivity index (χ2n) is 3.30. The Morgan fingerprint density at radius 1 is 1.50 bits per heavy atom. The van der Waals surface area contributed by atoms with Crippen LogP contribution in [0.3, 0.4) is 0 Å². The number of carbonyl (C=O) groups is 1. The molecule has 0 unspecified atom stereocenters. The highest BCUT2D eigenvalue weighted by Gasteiger charge is 2.23. The van der Waals surface area contributed by atoms with Crippen molar-refractivity contribution in [1.29, 1.82) is 0 Å². The van der Waals surface area contributed by atoms with Gasteiger partial charge in [0, 0.05) is 6.42 Å². The zero-order chi connectivity index (χ0) is 9.83. The highest BCUT2D eigenvalue weighted by Crippen LogP contribution is 2.38. The van der Waals surface area contributed by atoms with Crippen LogP contribution in [0.1, 0.15) is 20.3 Å². The van der Waals surface area contributed by atoms with Crippen LogP contribution < -0.4 is 0 Å². The fraction of sp³-hybridized carbons (Fsp3) is 0.833. The Labute approximate surface area is 71.0 Å². The van der Waals surface area contributed by atoms with Gasteiger partial charge in [0.25, 0.3) is 0 Å². The van der Waals surface area contributed by atoms with Gasteiger partial charge in [-0.1, -0.05) is 13.8 Å². The molecule has 0 bridgehead atoms. The number of phosphoric acid groups is 1. The number of carbonyl (C=O) groups excluding carboxylic acids is 1. The van der Waals surface area contributed by atoms with Crippen LogP contribution in [0.2, 0.25) is 0 Å². The van der Waals surface area contributed by atoms with Crippen molar-refractivity contribution in [3.63, 3.8) is 0 Å². The summed E-state index contributed by atoms with van der Waals surface area (Å²) in [5, 5.41) is 0. The van der Waals surface area contributed by atoms with Gasteiger partial charge in [0.1, 0.15) is 6.29 Å². The Morgan fingerprint density at radius 2 is 2.00 bits per heavy atom. The van der Waals surface area contributed by atoms with Gasteiger partial charge in [0.15, 0.2) is 0 Å². The molecule has 0 fully saturated rings. The summed E-state index contributed by atoms with van der Waals surface area (Å²) in [7, 11) is -4.40. The predicted molar refractivity (Wildman–Crippen MR) is 42.5 cm³/mol. The zero-order valence-corrected chi connectivity index (χ0v) is 7.95. The summed E-state index contributed by atoms with van der Waals surface area (Å²) < 4.78 is 14.5. The van der Waals surface area contributed by atoms with E-state index in [1.807, 2.05) is 0 Å². The summed E-state index contributed by atoms with van der Waals surface area (Å²) in [6, 6.07) is 0. The van der Waals surface area contributed by atoms with Gasteiger partial charge in [0.05, 0.1) is 6.61 Å². The second-order valence-corrected chi connectivity index (χ2v) is 4.54. The average molecular weight is 196 g/mol. The van der Waals surface area contributed by atoms with Crippen LogP contribution in [0.5, 0.6) is 0 Å². The topological polar surface area (TPSA) is 83.8 Å². The van der Waals surface area contributed by atoms with E-state index in [4.69, 9.17) is 9.79 Å². The third-order valence-electron chi connectivity index (χ3n) is 1.26. The van der Waals surface area contributed by atoms with Gasteiger partial charge < -0.3 is 14.6 Å². The molecule has 0 spiro atoms. The average Bonchev–Trinajstić information content (AvgIpc) is 1.83. The van der Waals surface area contributed by atoms with Gasteiger partial charge in [-0.3, -0.25) is 4.52 Å². The third-order valence-corrected chi connectivity index (χ3v) is 1.72. The van der Waals surface area contributed by atoms with Crippen molar-refractivity contribution in [3.05, 3.63) is 0 Å². The standard InChI is InChI=1S/C6H13O5P/c1-6(2,3-4-7)5-11-12(8,9)10/h4H,3,5H2,1-2H3,(H2,8,9,10). The first-order valence-electron chi connectivity index (χ1n) is 3.40. The van der Waals surface area contributed by atoms with Crippen molar-refractivity contribution in [2.75, 3.05) is 6.61 Å². The molecule has 0 aromatic carbocycles. The number of phosphoric ester groups is 1. The lowest BCUT2D eigenvalue weighted by Crippen LogP contribution is -2.18. The fourth-order valence-corrected chi connectivity index (χ4v) is 1.06. The van der Waals surface area contributed by atoms with E-state index < -0.39 is 13.2 Å². The normalized spacial score (nSPS) is 13.0. The van der Waals surface area contributed by atoms with Crippen LogP contribution in [0.4, 0.5) is 0 Å². The van der Waals surface area contributed by atoms with Crippen molar-refractivity contribution in [2.24, 2.45) is 5.41 Å². The largest absolute Gasteiger partial charge is 0.469 e. The fourth-order valence-electron chi connectivity index (χ4n) is 0.543. The molecule has 0 aromatic heterocycles. The SMILES string of the molecule is CC(C)(CC=O)COP(=O)(O)O. The highest BCUT2D eigenvalue weighted by atomic mass is 31.2. The highest BCUT2D eigenvalue weighted by molar-refractivity contribution is 7.46. The van der Waals surface area contributed by atoms with E-state index in [9.17, 15) is 9.36 Å². The van der Waals surface area contributed by atoms with Gasteiger partial charge in [-0.25, -0.2) is 4.57 Å². The van der Waals surface area contributed by atoms with E-state index in [1.165, 1.54) is 0 Å². The summed E-state index contributed by atoms with van der Waals surface area (Å²) in [5.74, 6) is 0. The minimum Gasteiger partial charge on any atom is -0.303 e. The van der Waals surface area contributed by atoms with E-state index in [-0.39, 0.29) is 13.0 Å². The lowest BCUT2D eigenvalue weighted by Gasteiger charge is -2.21. The molecule has 0 heterocycles. The first-order chi connectivity index (χ1) is 5.27. The Bertz CT molecular complexity index is 194. The lowest BCUT2D eigenvalue weighted by molar-refractivity contribution is -0.110. The maximum atomic E-state index is 10.3. The molecule has 6 heteroatoms. The second kappa shape index (κ2) is 4.14. The van der Waals surface area contributed by atoms with E-state index in [0.29, 0.717) is 6.29 Å². The van der Waals surface area contributed by atoms with Crippen LogP contribution in [0.15, 0.2) is 0 Å². The zero-order valence-electron chi connectivity index (χ0n) is 7.06. The minimum atomic E-state index is -4.40. The van der Waals surface area contributed by atoms with E-state index in [1.54, 1.807) is 13.8 Å². The van der Waals surface area contributed by atoms with Gasteiger partial charge in [0.2, 0.25) is 0 Å². The van der Waals surface area contributed by atoms with Crippen LogP contribution in [0.25, 0.3) is 0 Å². The van der Waals surface area contributed by atoms with Crippen molar-refractivity contribution >= 4 is 14.1 Å². The summed E-state index contributed by atoms with van der Waals surface area (Å²) in [4.78, 5) is 26.8. The van der Waals surface area contributed by atoms with Crippen molar-refractivity contribution in [2.45, 2.75) is 20.3 Å². The molecule has 0 atom stereocenters. The molecule has 0 aliphatic carbocycles. The molecular weight excluding hydrogens is 183 g/mol. The Morgan fingerprint density at radius 3 is 2.33 bits per heavy atom. The molecule has 0 rings (SSSR count). The molecule has 72 valence electrons.